The van der Waals surface area contributed by atoms with Crippen LogP contribution in [0.3, 0.4) is 0 Å². The van der Waals surface area contributed by atoms with Gasteiger partial charge in [0.05, 0.1) is 0 Å². The SMILES string of the molecule is CCCCCC[n+]1ccc(CC)cc1.[C-]#N. The molecular weight excluding hydrogens is 196 g/mol. The van der Waals surface area contributed by atoms with E-state index in [2.05, 4.69) is 42.9 Å². The van der Waals surface area contributed by atoms with Crippen LogP contribution in [-0.4, -0.2) is 0 Å². The van der Waals surface area contributed by atoms with Gasteiger partial charge in [-0.1, -0.05) is 26.7 Å². The first-order valence-corrected chi connectivity index (χ1v) is 6.07. The van der Waals surface area contributed by atoms with E-state index in [0.717, 1.165) is 6.42 Å². The molecule has 1 rings (SSSR count). The monoisotopic (exact) mass is 218 g/mol. The number of hydrogen-bond acceptors (Lipinski definition) is 1. The Labute approximate surface area is 99.5 Å². The van der Waals surface area contributed by atoms with Crippen LogP contribution in [0.5, 0.6) is 0 Å². The van der Waals surface area contributed by atoms with Gasteiger partial charge in [0.15, 0.2) is 12.4 Å². The first-order chi connectivity index (χ1) is 7.86. The van der Waals surface area contributed by atoms with Crippen LogP contribution in [0.15, 0.2) is 24.5 Å². The summed E-state index contributed by atoms with van der Waals surface area (Å²) in [5, 5.41) is 6.25. The fourth-order valence-corrected chi connectivity index (χ4v) is 1.59. The molecule has 0 unspecified atom stereocenters. The van der Waals surface area contributed by atoms with Crippen molar-refractivity contribution in [3.8, 4) is 0 Å². The lowest BCUT2D eigenvalue weighted by Crippen LogP contribution is -2.32. The fraction of sp³-hybridized carbons (Fsp3) is 0.571. The maximum atomic E-state index is 6.25. The second-order valence-corrected chi connectivity index (χ2v) is 3.86. The molecule has 0 N–H and O–H groups in total. The highest BCUT2D eigenvalue weighted by atomic mass is 14.9. The first kappa shape index (κ1) is 14.6. The van der Waals surface area contributed by atoms with Gasteiger partial charge in [-0.15, -0.1) is 0 Å². The molecule has 0 saturated heterocycles. The fourth-order valence-electron chi connectivity index (χ4n) is 1.59. The van der Waals surface area contributed by atoms with Crippen LogP contribution in [0, 0.1) is 11.8 Å². The van der Waals surface area contributed by atoms with Crippen molar-refractivity contribution in [1.82, 2.24) is 0 Å². The Morgan fingerprint density at radius 1 is 1.06 bits per heavy atom. The maximum Gasteiger partial charge on any atom is 0.169 e. The van der Waals surface area contributed by atoms with E-state index in [9.17, 15) is 0 Å². The summed E-state index contributed by atoms with van der Waals surface area (Å²) in [4.78, 5) is 0. The molecule has 0 aromatic carbocycles. The quantitative estimate of drug-likeness (QED) is 0.409. The Kier molecular flexibility index (Phi) is 9.30. The Morgan fingerprint density at radius 3 is 2.19 bits per heavy atom. The minimum absolute atomic E-state index is 1.14. The van der Waals surface area contributed by atoms with E-state index < -0.39 is 0 Å². The predicted octanol–water partition coefficient (Wildman–Crippen LogP) is 3.21. The molecule has 1 heterocycles. The maximum absolute atomic E-state index is 6.25. The molecule has 1 aromatic heterocycles. The number of rotatable bonds is 6. The van der Waals surface area contributed by atoms with Gasteiger partial charge in [0.25, 0.3) is 0 Å². The van der Waals surface area contributed by atoms with Gasteiger partial charge in [-0.2, -0.15) is 0 Å². The third-order valence-electron chi connectivity index (χ3n) is 2.64. The molecule has 0 aliphatic heterocycles. The largest absolute Gasteiger partial charge is 0.512 e. The van der Waals surface area contributed by atoms with E-state index in [1.807, 2.05) is 0 Å². The zero-order valence-corrected chi connectivity index (χ0v) is 10.4. The number of aryl methyl sites for hydroxylation is 2. The predicted molar refractivity (Wildman–Crippen MR) is 65.1 cm³/mol. The summed E-state index contributed by atoms with van der Waals surface area (Å²) in [5.74, 6) is 0. The molecule has 0 aliphatic rings. The van der Waals surface area contributed by atoms with E-state index in [1.54, 1.807) is 0 Å². The van der Waals surface area contributed by atoms with Crippen LogP contribution in [0.2, 0.25) is 0 Å². The molecule has 0 radical (unpaired) electrons. The van der Waals surface area contributed by atoms with Crippen LogP contribution in [0.4, 0.5) is 0 Å². The molecule has 0 amide bonds. The van der Waals surface area contributed by atoms with E-state index in [0.29, 0.717) is 0 Å². The summed E-state index contributed by atoms with van der Waals surface area (Å²) in [5.41, 5.74) is 1.43. The second-order valence-electron chi connectivity index (χ2n) is 3.86. The van der Waals surface area contributed by atoms with Crippen molar-refractivity contribution in [3.05, 3.63) is 36.7 Å². The van der Waals surface area contributed by atoms with Gasteiger partial charge in [-0.25, -0.2) is 4.57 Å². The molecule has 2 nitrogen and oxygen atoms in total. The third-order valence-corrected chi connectivity index (χ3v) is 2.64. The van der Waals surface area contributed by atoms with E-state index >= 15 is 0 Å². The summed E-state index contributed by atoms with van der Waals surface area (Å²) < 4.78 is 2.29. The van der Waals surface area contributed by atoms with Gasteiger partial charge in [0, 0.05) is 18.6 Å². The van der Waals surface area contributed by atoms with E-state index in [-0.39, 0.29) is 0 Å². The van der Waals surface area contributed by atoms with Gasteiger partial charge >= 0.3 is 0 Å². The lowest BCUT2D eigenvalue weighted by molar-refractivity contribution is -0.697. The highest BCUT2D eigenvalue weighted by molar-refractivity contribution is 5.06. The standard InChI is InChI=1S/C13H22N.CN/c1-3-5-6-7-10-14-11-8-13(4-2)9-12-14;1-2/h8-9,11-12H,3-7,10H2,1-2H3;/q+1;-1. The molecule has 0 fully saturated rings. The van der Waals surface area contributed by atoms with Crippen LogP contribution >= 0.6 is 0 Å². The van der Waals surface area contributed by atoms with Crippen molar-refractivity contribution in [3.63, 3.8) is 0 Å². The average molecular weight is 218 g/mol. The van der Waals surface area contributed by atoms with Crippen LogP contribution in [0.25, 0.3) is 0 Å². The molecule has 0 saturated carbocycles. The summed E-state index contributed by atoms with van der Waals surface area (Å²) in [6.45, 7) is 10.4. The number of hydrogen-bond donors (Lipinski definition) is 0. The minimum atomic E-state index is 1.14. The number of aromatic nitrogens is 1. The zero-order chi connectivity index (χ0) is 12.2. The van der Waals surface area contributed by atoms with Gasteiger partial charge in [-0.3, -0.25) is 0 Å². The smallest absolute Gasteiger partial charge is 0.169 e. The highest BCUT2D eigenvalue weighted by Gasteiger charge is 1.99. The van der Waals surface area contributed by atoms with Crippen molar-refractivity contribution in [2.45, 2.75) is 52.5 Å². The zero-order valence-electron chi connectivity index (χ0n) is 10.4. The van der Waals surface area contributed by atoms with Crippen molar-refractivity contribution in [1.29, 1.82) is 5.26 Å². The molecule has 16 heavy (non-hydrogen) atoms. The lowest BCUT2D eigenvalue weighted by atomic mass is 10.2. The average Bonchev–Trinajstić information content (AvgIpc) is 2.38. The summed E-state index contributed by atoms with van der Waals surface area (Å²) in [6, 6.07) is 4.44. The van der Waals surface area contributed by atoms with Crippen LogP contribution in [0.1, 0.15) is 45.1 Å². The van der Waals surface area contributed by atoms with Gasteiger partial charge in [0.2, 0.25) is 0 Å². The molecule has 0 atom stereocenters. The first-order valence-electron chi connectivity index (χ1n) is 6.07. The van der Waals surface area contributed by atoms with Gasteiger partial charge < -0.3 is 11.8 Å². The van der Waals surface area contributed by atoms with Gasteiger partial charge in [-0.05, 0) is 18.4 Å². The molecular formula is C14H22N2. The van der Waals surface area contributed by atoms with Crippen LogP contribution in [-0.2, 0) is 13.0 Å². The molecule has 0 aliphatic carbocycles. The topological polar surface area (TPSA) is 27.7 Å². The number of nitrogens with zero attached hydrogens (tertiary/aromatic N) is 2. The van der Waals surface area contributed by atoms with Crippen molar-refractivity contribution < 1.29 is 4.57 Å². The van der Waals surface area contributed by atoms with E-state index in [1.165, 1.54) is 37.8 Å². The Hall–Kier alpha value is -1.36. The van der Waals surface area contributed by atoms with Crippen molar-refractivity contribution in [2.24, 2.45) is 0 Å². The Bertz CT molecular complexity index is 275. The lowest BCUT2D eigenvalue weighted by Gasteiger charge is -1.98. The third kappa shape index (κ3) is 6.19. The molecule has 1 aromatic rings. The molecule has 2 heteroatoms. The second kappa shape index (κ2) is 10.2. The summed E-state index contributed by atoms with van der Waals surface area (Å²) in [7, 11) is 0. The van der Waals surface area contributed by atoms with E-state index in [4.69, 9.17) is 11.8 Å². The normalized spacial score (nSPS) is 9.25. The van der Waals surface area contributed by atoms with Crippen LogP contribution < -0.4 is 4.57 Å². The van der Waals surface area contributed by atoms with Crippen molar-refractivity contribution >= 4 is 0 Å². The molecule has 0 bridgehead atoms. The van der Waals surface area contributed by atoms with Gasteiger partial charge in [0.1, 0.15) is 6.54 Å². The number of pyridine rings is 1. The summed E-state index contributed by atoms with van der Waals surface area (Å²) in [6.07, 6.45) is 10.9. The summed E-state index contributed by atoms with van der Waals surface area (Å²) >= 11 is 0. The Morgan fingerprint density at radius 2 is 1.69 bits per heavy atom. The Balaban J connectivity index is 0.00000106. The highest BCUT2D eigenvalue weighted by Crippen LogP contribution is 1.99. The number of unbranched alkanes of at least 4 members (excludes halogenated alkanes) is 3. The molecule has 0 spiro atoms. The van der Waals surface area contributed by atoms with Crippen molar-refractivity contribution in [2.75, 3.05) is 0 Å². The minimum Gasteiger partial charge on any atom is -0.512 e. The molecule has 88 valence electrons.